The lowest BCUT2D eigenvalue weighted by atomic mass is 10.2. The number of ether oxygens (including phenoxy) is 2. The number of benzene rings is 1. The first-order chi connectivity index (χ1) is 8.58. The average Bonchev–Trinajstić information content (AvgIpc) is 2.35. The van der Waals surface area contributed by atoms with Crippen LogP contribution in [0.25, 0.3) is 6.08 Å². The third-order valence-corrected chi connectivity index (χ3v) is 2.96. The Morgan fingerprint density at radius 1 is 1.33 bits per heavy atom. The van der Waals surface area contributed by atoms with E-state index in [2.05, 4.69) is 21.2 Å². The molecule has 1 rings (SSSR count). The Balaban J connectivity index is 2.85. The Morgan fingerprint density at radius 2 is 1.94 bits per heavy atom. The van der Waals surface area contributed by atoms with Gasteiger partial charge in [-0.2, -0.15) is 0 Å². The molecule has 0 heterocycles. The summed E-state index contributed by atoms with van der Waals surface area (Å²) in [7, 11) is 3.19. The molecule has 0 fully saturated rings. The molecule has 0 bridgehead atoms. The lowest BCUT2D eigenvalue weighted by Gasteiger charge is -2.09. The van der Waals surface area contributed by atoms with Gasteiger partial charge in [0.25, 0.3) is 0 Å². The molecule has 1 N–H and O–H groups in total. The lowest BCUT2D eigenvalue weighted by Crippen LogP contribution is -2.19. The number of nitrogens with one attached hydrogen (secondary N) is 1. The predicted octanol–water partition coefficient (Wildman–Crippen LogP) is 2.62. The topological polar surface area (TPSA) is 47.6 Å². The Morgan fingerprint density at radius 3 is 2.50 bits per heavy atom. The smallest absolute Gasteiger partial charge is 0.217 e. The van der Waals surface area contributed by atoms with Crippen molar-refractivity contribution in [3.8, 4) is 11.5 Å². The van der Waals surface area contributed by atoms with Crippen molar-refractivity contribution in [2.75, 3.05) is 20.8 Å². The summed E-state index contributed by atoms with van der Waals surface area (Å²) in [6, 6.07) is 3.71. The summed E-state index contributed by atoms with van der Waals surface area (Å²) >= 11 is 3.46. The molecule has 1 amide bonds. The van der Waals surface area contributed by atoms with Crippen LogP contribution >= 0.6 is 15.9 Å². The van der Waals surface area contributed by atoms with E-state index < -0.39 is 0 Å². The number of amides is 1. The molecule has 5 heteroatoms. The van der Waals surface area contributed by atoms with Crippen LogP contribution in [0.1, 0.15) is 12.5 Å². The quantitative estimate of drug-likeness (QED) is 0.909. The zero-order chi connectivity index (χ0) is 13.5. The zero-order valence-electron chi connectivity index (χ0n) is 10.6. The Kier molecular flexibility index (Phi) is 5.71. The van der Waals surface area contributed by atoms with Crippen LogP contribution in [0.3, 0.4) is 0 Å². The van der Waals surface area contributed by atoms with E-state index >= 15 is 0 Å². The molecule has 0 spiro atoms. The molecular formula is C13H16BrNO3. The van der Waals surface area contributed by atoms with Crippen LogP contribution in [0.4, 0.5) is 0 Å². The number of hydrogen-bond acceptors (Lipinski definition) is 3. The summed E-state index contributed by atoms with van der Waals surface area (Å²) < 4.78 is 11.3. The largest absolute Gasteiger partial charge is 0.493 e. The maximum absolute atomic E-state index is 10.7. The summed E-state index contributed by atoms with van der Waals surface area (Å²) in [4.78, 5) is 10.7. The monoisotopic (exact) mass is 313 g/mol. The fourth-order valence-electron chi connectivity index (χ4n) is 1.39. The van der Waals surface area contributed by atoms with Gasteiger partial charge in [0.1, 0.15) is 0 Å². The van der Waals surface area contributed by atoms with E-state index in [0.29, 0.717) is 18.0 Å². The van der Waals surface area contributed by atoms with E-state index in [1.165, 1.54) is 6.92 Å². The molecule has 0 unspecified atom stereocenters. The third kappa shape index (κ3) is 4.07. The summed E-state index contributed by atoms with van der Waals surface area (Å²) in [6.45, 7) is 1.98. The molecule has 0 aliphatic rings. The second kappa shape index (κ2) is 7.06. The average molecular weight is 314 g/mol. The van der Waals surface area contributed by atoms with Gasteiger partial charge in [-0.25, -0.2) is 0 Å². The molecule has 18 heavy (non-hydrogen) atoms. The first-order valence-corrected chi connectivity index (χ1v) is 6.20. The van der Waals surface area contributed by atoms with Crippen LogP contribution in [0.15, 0.2) is 22.7 Å². The number of hydrogen-bond donors (Lipinski definition) is 1. The van der Waals surface area contributed by atoms with Gasteiger partial charge in [-0.3, -0.25) is 4.79 Å². The fraction of sp³-hybridized carbons (Fsp3) is 0.308. The Labute approximate surface area is 115 Å². The molecule has 1 aromatic rings. The molecule has 0 saturated carbocycles. The lowest BCUT2D eigenvalue weighted by molar-refractivity contribution is -0.118. The first kappa shape index (κ1) is 14.6. The zero-order valence-corrected chi connectivity index (χ0v) is 12.2. The summed E-state index contributed by atoms with van der Waals surface area (Å²) in [6.07, 6.45) is 3.77. The van der Waals surface area contributed by atoms with Crippen molar-refractivity contribution >= 4 is 27.9 Å². The van der Waals surface area contributed by atoms with Crippen molar-refractivity contribution in [2.24, 2.45) is 0 Å². The normalized spacial score (nSPS) is 10.4. The SMILES string of the molecule is COc1cc(Br)c(C=CCNC(C)=O)cc1OC. The van der Waals surface area contributed by atoms with Crippen LogP contribution in [0.5, 0.6) is 11.5 Å². The minimum atomic E-state index is -0.0500. The second-order valence-electron chi connectivity index (χ2n) is 3.57. The van der Waals surface area contributed by atoms with E-state index in [-0.39, 0.29) is 5.91 Å². The van der Waals surface area contributed by atoms with Crippen molar-refractivity contribution in [1.29, 1.82) is 0 Å². The highest BCUT2D eigenvalue weighted by Gasteiger charge is 2.07. The number of carbonyl (C=O) groups excluding carboxylic acids is 1. The fourth-order valence-corrected chi connectivity index (χ4v) is 1.84. The minimum Gasteiger partial charge on any atom is -0.493 e. The van der Waals surface area contributed by atoms with Crippen molar-refractivity contribution in [3.05, 3.63) is 28.2 Å². The van der Waals surface area contributed by atoms with E-state index in [4.69, 9.17) is 9.47 Å². The van der Waals surface area contributed by atoms with Crippen LogP contribution in [0, 0.1) is 0 Å². The highest BCUT2D eigenvalue weighted by molar-refractivity contribution is 9.10. The highest BCUT2D eigenvalue weighted by Crippen LogP contribution is 2.33. The van der Waals surface area contributed by atoms with Gasteiger partial charge in [0.05, 0.1) is 14.2 Å². The molecule has 98 valence electrons. The van der Waals surface area contributed by atoms with E-state index in [1.54, 1.807) is 14.2 Å². The molecular weight excluding hydrogens is 298 g/mol. The second-order valence-corrected chi connectivity index (χ2v) is 4.42. The molecule has 0 aliphatic heterocycles. The first-order valence-electron chi connectivity index (χ1n) is 5.41. The van der Waals surface area contributed by atoms with Gasteiger partial charge in [0.15, 0.2) is 11.5 Å². The van der Waals surface area contributed by atoms with Crippen molar-refractivity contribution < 1.29 is 14.3 Å². The van der Waals surface area contributed by atoms with Crippen molar-refractivity contribution in [3.63, 3.8) is 0 Å². The van der Waals surface area contributed by atoms with Crippen LogP contribution < -0.4 is 14.8 Å². The van der Waals surface area contributed by atoms with E-state index in [0.717, 1.165) is 10.0 Å². The molecule has 1 aromatic carbocycles. The van der Waals surface area contributed by atoms with Gasteiger partial charge in [-0.1, -0.05) is 28.1 Å². The molecule has 0 radical (unpaired) electrons. The van der Waals surface area contributed by atoms with Gasteiger partial charge in [-0.15, -0.1) is 0 Å². The molecule has 0 aromatic heterocycles. The van der Waals surface area contributed by atoms with Crippen LogP contribution in [-0.4, -0.2) is 26.7 Å². The Bertz CT molecular complexity index is 458. The minimum absolute atomic E-state index is 0.0500. The van der Waals surface area contributed by atoms with Gasteiger partial charge >= 0.3 is 0 Å². The van der Waals surface area contributed by atoms with Crippen molar-refractivity contribution in [1.82, 2.24) is 5.32 Å². The number of rotatable bonds is 5. The van der Waals surface area contributed by atoms with Crippen LogP contribution in [-0.2, 0) is 4.79 Å². The molecule has 4 nitrogen and oxygen atoms in total. The summed E-state index contributed by atoms with van der Waals surface area (Å²) in [5, 5.41) is 2.69. The molecule has 0 saturated heterocycles. The van der Waals surface area contributed by atoms with Gasteiger partial charge in [0, 0.05) is 17.9 Å². The predicted molar refractivity (Wildman–Crippen MR) is 75.0 cm³/mol. The molecule has 0 aliphatic carbocycles. The Hall–Kier alpha value is -1.49. The highest BCUT2D eigenvalue weighted by atomic mass is 79.9. The molecule has 0 atom stereocenters. The van der Waals surface area contributed by atoms with Gasteiger partial charge < -0.3 is 14.8 Å². The van der Waals surface area contributed by atoms with Gasteiger partial charge in [-0.05, 0) is 17.7 Å². The van der Waals surface area contributed by atoms with Gasteiger partial charge in [0.2, 0.25) is 5.91 Å². The van der Waals surface area contributed by atoms with Crippen molar-refractivity contribution in [2.45, 2.75) is 6.92 Å². The summed E-state index contributed by atoms with van der Waals surface area (Å²) in [5.74, 6) is 1.29. The third-order valence-electron chi connectivity index (χ3n) is 2.27. The number of carbonyl (C=O) groups is 1. The maximum atomic E-state index is 10.7. The van der Waals surface area contributed by atoms with E-state index in [1.807, 2.05) is 24.3 Å². The number of halogens is 1. The maximum Gasteiger partial charge on any atom is 0.217 e. The standard InChI is InChI=1S/C13H16BrNO3/c1-9(16)15-6-4-5-10-7-12(17-2)13(18-3)8-11(10)14/h4-5,7-8H,6H2,1-3H3,(H,15,16). The van der Waals surface area contributed by atoms with Crippen LogP contribution in [0.2, 0.25) is 0 Å². The summed E-state index contributed by atoms with van der Waals surface area (Å²) in [5.41, 5.74) is 0.956. The van der Waals surface area contributed by atoms with E-state index in [9.17, 15) is 4.79 Å². The number of methoxy groups -OCH3 is 2.